The Hall–Kier alpha value is -2.35. The van der Waals surface area contributed by atoms with Crippen LogP contribution in [0.25, 0.3) is 0 Å². The van der Waals surface area contributed by atoms with Crippen LogP contribution >= 0.6 is 11.8 Å². The standard InChI is InChI=1S/C16H17N3O4S/c1-2-23-15(22)10-3-5-11(6-4-10)18-14(21)12-9-13(20)19-8-7-17-16(19)24-12/h3-6,12H,2,7-9H2,1H3,(H,18,21)/t12-/m1/s1. The lowest BCUT2D eigenvalue weighted by molar-refractivity contribution is -0.129. The van der Waals surface area contributed by atoms with E-state index < -0.39 is 11.2 Å². The summed E-state index contributed by atoms with van der Waals surface area (Å²) in [5.41, 5.74) is 0.991. The minimum Gasteiger partial charge on any atom is -0.462 e. The average Bonchev–Trinajstić information content (AvgIpc) is 3.05. The van der Waals surface area contributed by atoms with Gasteiger partial charge >= 0.3 is 5.97 Å². The normalized spacial score (nSPS) is 19.5. The molecule has 0 bridgehead atoms. The Labute approximate surface area is 143 Å². The van der Waals surface area contributed by atoms with Crippen molar-refractivity contribution in [1.82, 2.24) is 4.90 Å². The van der Waals surface area contributed by atoms with Crippen LogP contribution in [0.3, 0.4) is 0 Å². The lowest BCUT2D eigenvalue weighted by Gasteiger charge is -2.27. The van der Waals surface area contributed by atoms with Gasteiger partial charge in [0.05, 0.1) is 18.7 Å². The molecular weight excluding hydrogens is 330 g/mol. The zero-order valence-electron chi connectivity index (χ0n) is 13.2. The number of aliphatic imine (C=N–C) groups is 1. The third-order valence-corrected chi connectivity index (χ3v) is 4.89. The van der Waals surface area contributed by atoms with E-state index >= 15 is 0 Å². The number of amidine groups is 1. The maximum absolute atomic E-state index is 12.4. The van der Waals surface area contributed by atoms with Gasteiger partial charge in [-0.15, -0.1) is 0 Å². The van der Waals surface area contributed by atoms with Crippen LogP contribution in [-0.2, 0) is 14.3 Å². The molecule has 0 radical (unpaired) electrons. The van der Waals surface area contributed by atoms with Crippen molar-refractivity contribution in [1.29, 1.82) is 0 Å². The van der Waals surface area contributed by atoms with E-state index in [0.29, 0.717) is 36.1 Å². The lowest BCUT2D eigenvalue weighted by atomic mass is 10.2. The number of carbonyl (C=O) groups excluding carboxylic acids is 3. The number of thioether (sulfide) groups is 1. The Balaban J connectivity index is 1.62. The number of amides is 2. The van der Waals surface area contributed by atoms with E-state index in [9.17, 15) is 14.4 Å². The van der Waals surface area contributed by atoms with Gasteiger partial charge in [-0.05, 0) is 31.2 Å². The number of nitrogens with one attached hydrogen (secondary N) is 1. The Morgan fingerprint density at radius 2 is 2.12 bits per heavy atom. The maximum atomic E-state index is 12.4. The third kappa shape index (κ3) is 3.43. The summed E-state index contributed by atoms with van der Waals surface area (Å²) in [6.45, 7) is 3.25. The highest BCUT2D eigenvalue weighted by atomic mass is 32.2. The minimum atomic E-state index is -0.490. The number of rotatable bonds is 4. The van der Waals surface area contributed by atoms with Gasteiger partial charge in [0.1, 0.15) is 5.25 Å². The molecule has 0 aliphatic carbocycles. The smallest absolute Gasteiger partial charge is 0.338 e. The first-order chi connectivity index (χ1) is 11.6. The zero-order chi connectivity index (χ0) is 17.1. The number of benzene rings is 1. The van der Waals surface area contributed by atoms with Gasteiger partial charge < -0.3 is 10.1 Å². The third-order valence-electron chi connectivity index (χ3n) is 3.67. The minimum absolute atomic E-state index is 0.0668. The van der Waals surface area contributed by atoms with Crippen LogP contribution in [0.15, 0.2) is 29.3 Å². The summed E-state index contributed by atoms with van der Waals surface area (Å²) in [6.07, 6.45) is 0.163. The van der Waals surface area contributed by atoms with Crippen LogP contribution in [0.2, 0.25) is 0 Å². The number of esters is 1. The molecule has 1 N–H and O–H groups in total. The molecule has 0 saturated carbocycles. The number of anilines is 1. The fraction of sp³-hybridized carbons (Fsp3) is 0.375. The molecule has 2 heterocycles. The van der Waals surface area contributed by atoms with E-state index in [1.54, 1.807) is 36.1 Å². The van der Waals surface area contributed by atoms with E-state index in [0.717, 1.165) is 0 Å². The van der Waals surface area contributed by atoms with E-state index in [-0.39, 0.29) is 18.2 Å². The van der Waals surface area contributed by atoms with E-state index in [2.05, 4.69) is 10.3 Å². The van der Waals surface area contributed by atoms with Crippen molar-refractivity contribution >= 4 is 40.4 Å². The number of carbonyl (C=O) groups is 3. The molecule has 24 heavy (non-hydrogen) atoms. The van der Waals surface area contributed by atoms with Crippen LogP contribution in [0.5, 0.6) is 0 Å². The molecule has 8 heteroatoms. The predicted octanol–water partition coefficient (Wildman–Crippen LogP) is 1.51. The Bertz CT molecular complexity index is 702. The molecule has 1 aromatic rings. The van der Waals surface area contributed by atoms with Crippen LogP contribution in [0, 0.1) is 0 Å². The van der Waals surface area contributed by atoms with Crippen LogP contribution in [-0.4, -0.2) is 52.8 Å². The van der Waals surface area contributed by atoms with Crippen LogP contribution in [0.1, 0.15) is 23.7 Å². The maximum Gasteiger partial charge on any atom is 0.338 e. The van der Waals surface area contributed by atoms with Gasteiger partial charge in [-0.2, -0.15) is 0 Å². The summed E-state index contributed by atoms with van der Waals surface area (Å²) in [4.78, 5) is 41.9. The predicted molar refractivity (Wildman–Crippen MR) is 91.0 cm³/mol. The number of ether oxygens (including phenoxy) is 1. The molecule has 0 unspecified atom stereocenters. The highest BCUT2D eigenvalue weighted by Crippen LogP contribution is 2.29. The Morgan fingerprint density at radius 3 is 2.83 bits per heavy atom. The van der Waals surface area contributed by atoms with Gasteiger partial charge in [-0.1, -0.05) is 11.8 Å². The molecule has 126 valence electrons. The first kappa shape index (κ1) is 16.5. The summed E-state index contributed by atoms with van der Waals surface area (Å²) in [5.74, 6) is -0.711. The molecule has 0 spiro atoms. The second-order valence-corrected chi connectivity index (χ2v) is 6.48. The van der Waals surface area contributed by atoms with Crippen molar-refractivity contribution in [2.75, 3.05) is 25.0 Å². The van der Waals surface area contributed by atoms with Gasteiger partial charge in [0.2, 0.25) is 11.8 Å². The van der Waals surface area contributed by atoms with Crippen molar-refractivity contribution in [3.05, 3.63) is 29.8 Å². The topological polar surface area (TPSA) is 88.1 Å². The Morgan fingerprint density at radius 1 is 1.38 bits per heavy atom. The first-order valence-electron chi connectivity index (χ1n) is 7.68. The molecular formula is C16H17N3O4S. The number of fused-ring (bicyclic) bond motifs is 1. The monoisotopic (exact) mass is 347 g/mol. The summed E-state index contributed by atoms with van der Waals surface area (Å²) >= 11 is 1.32. The summed E-state index contributed by atoms with van der Waals surface area (Å²) in [6, 6.07) is 6.46. The van der Waals surface area contributed by atoms with Gasteiger partial charge in [-0.25, -0.2) is 4.79 Å². The SMILES string of the molecule is CCOC(=O)c1ccc(NC(=O)[C@H]2CC(=O)N3CCN=C3S2)cc1. The lowest BCUT2D eigenvalue weighted by Crippen LogP contribution is -2.43. The van der Waals surface area contributed by atoms with E-state index in [1.165, 1.54) is 11.8 Å². The van der Waals surface area contributed by atoms with Crippen LogP contribution in [0.4, 0.5) is 5.69 Å². The zero-order valence-corrected chi connectivity index (χ0v) is 14.0. The quantitative estimate of drug-likeness (QED) is 0.834. The largest absolute Gasteiger partial charge is 0.462 e. The van der Waals surface area contributed by atoms with E-state index in [4.69, 9.17) is 4.74 Å². The summed E-state index contributed by atoms with van der Waals surface area (Å²) in [7, 11) is 0. The first-order valence-corrected chi connectivity index (χ1v) is 8.56. The average molecular weight is 347 g/mol. The number of hydrogen-bond donors (Lipinski definition) is 1. The molecule has 1 saturated heterocycles. The summed E-state index contributed by atoms with van der Waals surface area (Å²) < 4.78 is 4.91. The van der Waals surface area contributed by atoms with Crippen molar-refractivity contribution < 1.29 is 19.1 Å². The summed E-state index contributed by atoms with van der Waals surface area (Å²) in [5, 5.41) is 2.91. The number of hydrogen-bond acceptors (Lipinski definition) is 6. The second-order valence-electron chi connectivity index (χ2n) is 5.31. The van der Waals surface area contributed by atoms with Gasteiger partial charge in [0.15, 0.2) is 5.17 Å². The van der Waals surface area contributed by atoms with Crippen molar-refractivity contribution in [2.24, 2.45) is 4.99 Å². The second kappa shape index (κ2) is 7.04. The van der Waals surface area contributed by atoms with Crippen molar-refractivity contribution in [3.8, 4) is 0 Å². The van der Waals surface area contributed by atoms with Crippen LogP contribution < -0.4 is 5.32 Å². The fourth-order valence-corrected chi connectivity index (χ4v) is 3.60. The van der Waals surface area contributed by atoms with Gasteiger partial charge in [0, 0.05) is 18.7 Å². The van der Waals surface area contributed by atoms with E-state index in [1.807, 2.05) is 0 Å². The van der Waals surface area contributed by atoms with Gasteiger partial charge in [-0.3, -0.25) is 19.5 Å². The highest BCUT2D eigenvalue weighted by molar-refractivity contribution is 8.15. The molecule has 1 atom stereocenters. The van der Waals surface area contributed by atoms with Gasteiger partial charge in [0.25, 0.3) is 0 Å². The molecule has 1 aromatic carbocycles. The number of nitrogens with zero attached hydrogens (tertiary/aromatic N) is 2. The molecule has 2 aliphatic rings. The highest BCUT2D eigenvalue weighted by Gasteiger charge is 2.37. The molecule has 7 nitrogen and oxygen atoms in total. The molecule has 1 fully saturated rings. The van der Waals surface area contributed by atoms with Crippen molar-refractivity contribution in [2.45, 2.75) is 18.6 Å². The van der Waals surface area contributed by atoms with Crippen molar-refractivity contribution in [3.63, 3.8) is 0 Å². The Kier molecular flexibility index (Phi) is 4.84. The molecule has 2 aliphatic heterocycles. The molecule has 0 aromatic heterocycles. The molecule has 2 amide bonds. The fourth-order valence-electron chi connectivity index (χ4n) is 2.47. The molecule has 3 rings (SSSR count).